The zero-order valence-corrected chi connectivity index (χ0v) is 20.3. The molecule has 0 fully saturated rings. The van der Waals surface area contributed by atoms with E-state index in [0.29, 0.717) is 18.3 Å². The van der Waals surface area contributed by atoms with E-state index >= 15 is 0 Å². The molecule has 1 aliphatic rings. The van der Waals surface area contributed by atoms with Crippen molar-refractivity contribution in [3.05, 3.63) is 40.1 Å². The molecule has 0 unspecified atom stereocenters. The molecule has 33 heavy (non-hydrogen) atoms. The number of nitrogens with one attached hydrogen (secondary N) is 1. The van der Waals surface area contributed by atoms with Crippen LogP contribution in [-0.2, 0) is 31.1 Å². The molecule has 0 aliphatic heterocycles. The van der Waals surface area contributed by atoms with E-state index in [2.05, 4.69) is 50.3 Å². The van der Waals surface area contributed by atoms with E-state index in [9.17, 15) is 4.79 Å². The summed E-state index contributed by atoms with van der Waals surface area (Å²) in [4.78, 5) is 15.7. The van der Waals surface area contributed by atoms with E-state index < -0.39 is 12.0 Å². The van der Waals surface area contributed by atoms with Crippen LogP contribution >= 0.6 is 0 Å². The predicted octanol–water partition coefficient (Wildman–Crippen LogP) is 3.87. The number of carboxylic acid groups (broad SMARTS) is 1. The predicted molar refractivity (Wildman–Crippen MR) is 126 cm³/mol. The first kappa shape index (κ1) is 23.2. The molecule has 0 saturated heterocycles. The number of carboxylic acids is 1. The minimum atomic E-state index is -0.843. The second kappa shape index (κ2) is 8.74. The molecule has 0 amide bonds. The van der Waals surface area contributed by atoms with Gasteiger partial charge in [-0.15, -0.1) is 0 Å². The van der Waals surface area contributed by atoms with Gasteiger partial charge in [0.05, 0.1) is 0 Å². The molecule has 1 aliphatic carbocycles. The lowest BCUT2D eigenvalue weighted by molar-refractivity contribution is -0.138. The molecule has 0 saturated carbocycles. The maximum Gasteiger partial charge on any atom is 0.320 e. The molecule has 2 heterocycles. The van der Waals surface area contributed by atoms with E-state index in [4.69, 9.17) is 19.7 Å². The van der Waals surface area contributed by atoms with E-state index in [-0.39, 0.29) is 5.41 Å². The number of hydrogen-bond donors (Lipinski definition) is 2. The molecule has 2 aromatic heterocycles. The number of hydrogen-bond acceptors (Lipinski definition) is 6. The van der Waals surface area contributed by atoms with Crippen LogP contribution < -0.4 is 5.32 Å². The minimum Gasteiger partial charge on any atom is -0.480 e. The van der Waals surface area contributed by atoms with Gasteiger partial charge in [-0.3, -0.25) is 9.48 Å². The molecular formula is C25H33N5O3. The van der Waals surface area contributed by atoms with Crippen LogP contribution in [0.25, 0.3) is 23.0 Å². The SMILES string of the molecule is Cc1cc(-c2noc(-c3nn(C)c4c3CCC(C)(C)C4)n2)cc(C)c1CCN[C@H](C)C(=O)O. The van der Waals surface area contributed by atoms with Crippen LogP contribution in [0.5, 0.6) is 0 Å². The molecule has 8 heteroatoms. The van der Waals surface area contributed by atoms with Crippen molar-refractivity contribution in [3.63, 3.8) is 0 Å². The van der Waals surface area contributed by atoms with Gasteiger partial charge in [-0.1, -0.05) is 19.0 Å². The fourth-order valence-electron chi connectivity index (χ4n) is 4.72. The molecule has 3 aromatic rings. The number of benzene rings is 1. The molecule has 176 valence electrons. The summed E-state index contributed by atoms with van der Waals surface area (Å²) in [5, 5.41) is 21.0. The summed E-state index contributed by atoms with van der Waals surface area (Å²) in [6.07, 6.45) is 3.82. The lowest BCUT2D eigenvalue weighted by atomic mass is 9.76. The van der Waals surface area contributed by atoms with Crippen molar-refractivity contribution >= 4 is 5.97 Å². The first-order valence-electron chi connectivity index (χ1n) is 11.5. The van der Waals surface area contributed by atoms with Gasteiger partial charge in [0.15, 0.2) is 5.69 Å². The second-order valence-corrected chi connectivity index (χ2v) is 10.0. The number of aryl methyl sites for hydroxylation is 3. The van der Waals surface area contributed by atoms with Gasteiger partial charge in [-0.2, -0.15) is 10.1 Å². The summed E-state index contributed by atoms with van der Waals surface area (Å²) in [6, 6.07) is 3.56. The largest absolute Gasteiger partial charge is 0.480 e. The Morgan fingerprint density at radius 1 is 1.30 bits per heavy atom. The van der Waals surface area contributed by atoms with Crippen molar-refractivity contribution in [2.45, 2.75) is 66.3 Å². The van der Waals surface area contributed by atoms with Crippen molar-refractivity contribution in [3.8, 4) is 23.0 Å². The van der Waals surface area contributed by atoms with Gasteiger partial charge in [-0.05, 0) is 87.2 Å². The van der Waals surface area contributed by atoms with Gasteiger partial charge >= 0.3 is 5.97 Å². The van der Waals surface area contributed by atoms with Gasteiger partial charge in [0.25, 0.3) is 5.89 Å². The molecule has 4 rings (SSSR count). The van der Waals surface area contributed by atoms with E-state index in [1.165, 1.54) is 16.8 Å². The number of aromatic nitrogens is 4. The Hall–Kier alpha value is -3.00. The summed E-state index contributed by atoms with van der Waals surface area (Å²) in [6.45, 7) is 11.0. The van der Waals surface area contributed by atoms with Crippen LogP contribution in [-0.4, -0.2) is 43.6 Å². The number of rotatable bonds is 7. The molecule has 1 aromatic carbocycles. The second-order valence-electron chi connectivity index (χ2n) is 10.0. The Kier molecular flexibility index (Phi) is 6.14. The average molecular weight is 452 g/mol. The average Bonchev–Trinajstić information content (AvgIpc) is 3.34. The number of fused-ring (bicyclic) bond motifs is 1. The van der Waals surface area contributed by atoms with Gasteiger partial charge in [-0.25, -0.2) is 0 Å². The van der Waals surface area contributed by atoms with Gasteiger partial charge < -0.3 is 14.9 Å². The summed E-state index contributed by atoms with van der Waals surface area (Å²) in [5.74, 6) is 0.174. The molecule has 0 radical (unpaired) electrons. The van der Waals surface area contributed by atoms with Crippen molar-refractivity contribution in [2.24, 2.45) is 12.5 Å². The molecule has 2 N–H and O–H groups in total. The Labute approximate surface area is 194 Å². The maximum atomic E-state index is 11.0. The van der Waals surface area contributed by atoms with Crippen molar-refractivity contribution in [2.75, 3.05) is 6.54 Å². The van der Waals surface area contributed by atoms with E-state index in [1.807, 2.05) is 11.7 Å². The molecule has 1 atom stereocenters. The Bertz CT molecular complexity index is 1170. The quantitative estimate of drug-likeness (QED) is 0.561. The Morgan fingerprint density at radius 2 is 2.00 bits per heavy atom. The number of aliphatic carboxylic acids is 1. The first-order valence-corrected chi connectivity index (χ1v) is 11.5. The summed E-state index contributed by atoms with van der Waals surface area (Å²) in [7, 11) is 1.98. The van der Waals surface area contributed by atoms with Crippen LogP contribution in [0.1, 0.15) is 55.1 Å². The lowest BCUT2D eigenvalue weighted by Crippen LogP contribution is -2.35. The van der Waals surface area contributed by atoms with Crippen LogP contribution in [0, 0.1) is 19.3 Å². The monoisotopic (exact) mass is 451 g/mol. The molecule has 8 nitrogen and oxygen atoms in total. The lowest BCUT2D eigenvalue weighted by Gasteiger charge is -2.29. The highest BCUT2D eigenvalue weighted by molar-refractivity contribution is 5.72. The van der Waals surface area contributed by atoms with Crippen LogP contribution in [0.3, 0.4) is 0 Å². The third kappa shape index (κ3) is 4.71. The van der Waals surface area contributed by atoms with Crippen molar-refractivity contribution in [1.82, 2.24) is 25.2 Å². The smallest absolute Gasteiger partial charge is 0.320 e. The Morgan fingerprint density at radius 3 is 2.67 bits per heavy atom. The van der Waals surface area contributed by atoms with Gasteiger partial charge in [0.1, 0.15) is 6.04 Å². The third-order valence-electron chi connectivity index (χ3n) is 6.75. The number of nitrogens with zero attached hydrogens (tertiary/aromatic N) is 4. The minimum absolute atomic E-state index is 0.274. The zero-order valence-electron chi connectivity index (χ0n) is 20.3. The highest BCUT2D eigenvalue weighted by Crippen LogP contribution is 2.38. The van der Waals surface area contributed by atoms with Crippen molar-refractivity contribution < 1.29 is 14.4 Å². The van der Waals surface area contributed by atoms with Crippen molar-refractivity contribution in [1.29, 1.82) is 0 Å². The maximum absolute atomic E-state index is 11.0. The molecule has 0 spiro atoms. The standard InChI is InChI=1S/C25H33N5O3/c1-14-11-17(12-15(2)18(14)8-10-26-16(3)24(31)32)22-27-23(33-29-22)21-19-7-9-25(4,5)13-20(19)30(6)28-21/h11-12,16,26H,7-10,13H2,1-6H3,(H,31,32)/t16-/m1/s1. The summed E-state index contributed by atoms with van der Waals surface area (Å²) in [5.41, 5.74) is 7.90. The fraction of sp³-hybridized carbons (Fsp3) is 0.520. The van der Waals surface area contributed by atoms with E-state index in [0.717, 1.165) is 48.1 Å². The highest BCUT2D eigenvalue weighted by Gasteiger charge is 2.32. The summed E-state index contributed by atoms with van der Waals surface area (Å²) < 4.78 is 7.61. The normalized spacial score (nSPS) is 15.9. The van der Waals surface area contributed by atoms with Crippen LogP contribution in [0.2, 0.25) is 0 Å². The molecule has 0 bridgehead atoms. The van der Waals surface area contributed by atoms with Crippen LogP contribution in [0.15, 0.2) is 16.7 Å². The first-order chi connectivity index (χ1) is 15.6. The summed E-state index contributed by atoms with van der Waals surface area (Å²) >= 11 is 0. The number of carbonyl (C=O) groups is 1. The van der Waals surface area contributed by atoms with Crippen LogP contribution in [0.4, 0.5) is 0 Å². The molecular weight excluding hydrogens is 418 g/mol. The Balaban J connectivity index is 1.56. The highest BCUT2D eigenvalue weighted by atomic mass is 16.5. The third-order valence-corrected chi connectivity index (χ3v) is 6.75. The fourth-order valence-corrected chi connectivity index (χ4v) is 4.72. The topological polar surface area (TPSA) is 106 Å². The van der Waals surface area contributed by atoms with Gasteiger partial charge in [0, 0.05) is 23.9 Å². The zero-order chi connectivity index (χ0) is 23.9. The van der Waals surface area contributed by atoms with E-state index in [1.54, 1.807) is 6.92 Å². The van der Waals surface area contributed by atoms with Gasteiger partial charge in [0.2, 0.25) is 5.82 Å².